The first-order valence-electron chi connectivity index (χ1n) is 11.2. The molecule has 2 aliphatic rings. The number of carbonyl (C=O) groups is 2. The lowest BCUT2D eigenvalue weighted by Crippen LogP contribution is -2.23. The molecule has 168 valence electrons. The van der Waals surface area contributed by atoms with Crippen molar-refractivity contribution < 1.29 is 14.3 Å². The lowest BCUT2D eigenvalue weighted by Gasteiger charge is -2.22. The van der Waals surface area contributed by atoms with Gasteiger partial charge in [-0.2, -0.15) is 5.26 Å². The molecular weight excluding hydrogens is 416 g/mol. The van der Waals surface area contributed by atoms with Crippen molar-refractivity contribution >= 4 is 35.2 Å². The predicted octanol–water partition coefficient (Wildman–Crippen LogP) is 4.21. The van der Waals surface area contributed by atoms with Crippen molar-refractivity contribution in [3.8, 4) is 6.07 Å². The minimum atomic E-state index is -0.489. The number of aliphatic imine (C=N–C) groups is 1. The molecule has 0 saturated carbocycles. The first kappa shape index (κ1) is 22.3. The number of cyclic esters (lactones) is 1. The fourth-order valence-corrected chi connectivity index (χ4v) is 4.06. The van der Waals surface area contributed by atoms with Gasteiger partial charge in [0.1, 0.15) is 0 Å². The van der Waals surface area contributed by atoms with Gasteiger partial charge >= 0.3 is 5.97 Å². The molecule has 0 radical (unpaired) electrons. The molecule has 0 N–H and O–H groups in total. The highest BCUT2D eigenvalue weighted by molar-refractivity contribution is 6.13. The summed E-state index contributed by atoms with van der Waals surface area (Å²) in [5.74, 6) is -0.101. The highest BCUT2D eigenvalue weighted by atomic mass is 16.6. The van der Waals surface area contributed by atoms with Crippen LogP contribution in [0.4, 0.5) is 11.4 Å². The van der Waals surface area contributed by atoms with E-state index in [1.807, 2.05) is 43.3 Å². The Kier molecular flexibility index (Phi) is 6.55. The van der Waals surface area contributed by atoms with E-state index in [-0.39, 0.29) is 17.5 Å². The van der Waals surface area contributed by atoms with Crippen LogP contribution >= 0.6 is 0 Å². The third-order valence-corrected chi connectivity index (χ3v) is 5.91. The molecule has 1 saturated heterocycles. The Morgan fingerprint density at radius 1 is 1.21 bits per heavy atom. The van der Waals surface area contributed by atoms with Crippen molar-refractivity contribution in [1.29, 1.82) is 5.26 Å². The molecule has 2 aromatic carbocycles. The van der Waals surface area contributed by atoms with E-state index >= 15 is 0 Å². The molecule has 33 heavy (non-hydrogen) atoms. The van der Waals surface area contributed by atoms with Crippen LogP contribution in [0.5, 0.6) is 0 Å². The number of ether oxygens (including phenoxy) is 1. The number of benzene rings is 2. The van der Waals surface area contributed by atoms with E-state index in [1.54, 1.807) is 11.0 Å². The van der Waals surface area contributed by atoms with E-state index in [2.05, 4.69) is 29.0 Å². The first-order chi connectivity index (χ1) is 16.0. The molecule has 2 aliphatic heterocycles. The second-order valence-electron chi connectivity index (χ2n) is 8.06. The fourth-order valence-electron chi connectivity index (χ4n) is 4.06. The molecule has 7 nitrogen and oxygen atoms in total. The maximum atomic E-state index is 12.4. The number of nitriles is 1. The van der Waals surface area contributed by atoms with Crippen molar-refractivity contribution in [2.75, 3.05) is 29.4 Å². The highest BCUT2D eigenvalue weighted by Crippen LogP contribution is 2.26. The van der Waals surface area contributed by atoms with Gasteiger partial charge in [0.25, 0.3) is 0 Å². The van der Waals surface area contributed by atoms with Gasteiger partial charge in [-0.3, -0.25) is 4.79 Å². The lowest BCUT2D eigenvalue weighted by molar-refractivity contribution is -0.130. The van der Waals surface area contributed by atoms with Crippen molar-refractivity contribution in [2.45, 2.75) is 33.1 Å². The summed E-state index contributed by atoms with van der Waals surface area (Å²) in [7, 11) is 0. The smallest absolute Gasteiger partial charge is 0.363 e. The first-order valence-corrected chi connectivity index (χ1v) is 11.2. The van der Waals surface area contributed by atoms with Gasteiger partial charge in [0.15, 0.2) is 5.70 Å². The number of carbonyl (C=O) groups excluding carboxylic acids is 2. The number of anilines is 2. The SMILES string of the molecule is CCN(CCC#N)c1ccc(/C=C2/N=C(c3ccc(N4CCCC4=O)cc3)OC2=O)c(C)c1. The number of rotatable bonds is 7. The average Bonchev–Trinajstić information content (AvgIpc) is 3.41. The molecule has 0 unspecified atom stereocenters. The van der Waals surface area contributed by atoms with E-state index < -0.39 is 5.97 Å². The van der Waals surface area contributed by atoms with E-state index in [1.165, 1.54) is 0 Å². The largest absolute Gasteiger partial charge is 0.402 e. The number of hydrogen-bond acceptors (Lipinski definition) is 6. The summed E-state index contributed by atoms with van der Waals surface area (Å²) in [5, 5.41) is 8.86. The molecular formula is C26H26N4O3. The molecule has 1 fully saturated rings. The number of amides is 1. The maximum Gasteiger partial charge on any atom is 0.363 e. The van der Waals surface area contributed by atoms with Crippen LogP contribution in [0.15, 0.2) is 53.2 Å². The zero-order valence-electron chi connectivity index (χ0n) is 18.9. The Labute approximate surface area is 193 Å². The van der Waals surface area contributed by atoms with E-state index in [4.69, 9.17) is 10.00 Å². The monoisotopic (exact) mass is 442 g/mol. The van der Waals surface area contributed by atoms with Gasteiger partial charge in [-0.1, -0.05) is 6.07 Å². The molecule has 0 bridgehead atoms. The van der Waals surface area contributed by atoms with Crippen molar-refractivity contribution in [2.24, 2.45) is 4.99 Å². The standard InChI is InChI=1S/C26H26N4O3/c1-3-29(14-5-13-27)22-12-9-20(18(2)16-22)17-23-26(32)33-25(28-23)19-7-10-21(11-8-19)30-15-4-6-24(30)31/h7-12,16-17H,3-6,14-15H2,1-2H3/b23-17+. The van der Waals surface area contributed by atoms with Crippen LogP contribution in [-0.4, -0.2) is 37.4 Å². The number of nitrogens with zero attached hydrogens (tertiary/aromatic N) is 4. The quantitative estimate of drug-likeness (QED) is 0.474. The normalized spacial score (nSPS) is 16.7. The van der Waals surface area contributed by atoms with Crippen LogP contribution in [-0.2, 0) is 14.3 Å². The Hall–Kier alpha value is -3.92. The van der Waals surface area contributed by atoms with Gasteiger partial charge in [-0.15, -0.1) is 0 Å². The number of aryl methyl sites for hydroxylation is 1. The van der Waals surface area contributed by atoms with Gasteiger partial charge in [0, 0.05) is 43.0 Å². The topological polar surface area (TPSA) is 86.0 Å². The summed E-state index contributed by atoms with van der Waals surface area (Å²) in [6.07, 6.45) is 3.65. The highest BCUT2D eigenvalue weighted by Gasteiger charge is 2.26. The zero-order valence-corrected chi connectivity index (χ0v) is 18.9. The van der Waals surface area contributed by atoms with Gasteiger partial charge in [0.2, 0.25) is 11.8 Å². The van der Waals surface area contributed by atoms with Crippen LogP contribution < -0.4 is 9.80 Å². The Balaban J connectivity index is 1.53. The van der Waals surface area contributed by atoms with Gasteiger partial charge < -0.3 is 14.5 Å². The second kappa shape index (κ2) is 9.70. The lowest BCUT2D eigenvalue weighted by atomic mass is 10.1. The van der Waals surface area contributed by atoms with Crippen molar-refractivity contribution in [1.82, 2.24) is 0 Å². The summed E-state index contributed by atoms with van der Waals surface area (Å²) in [6, 6.07) is 15.5. The third-order valence-electron chi connectivity index (χ3n) is 5.91. The predicted molar refractivity (Wildman–Crippen MR) is 128 cm³/mol. The van der Waals surface area contributed by atoms with Crippen LogP contribution in [0.1, 0.15) is 42.9 Å². The molecule has 4 rings (SSSR count). The average molecular weight is 443 g/mol. The van der Waals surface area contributed by atoms with E-state index in [9.17, 15) is 9.59 Å². The number of esters is 1. The minimum Gasteiger partial charge on any atom is -0.402 e. The molecule has 1 amide bonds. The molecule has 2 heterocycles. The van der Waals surface area contributed by atoms with Crippen LogP contribution in [0.25, 0.3) is 6.08 Å². The third kappa shape index (κ3) is 4.80. The maximum absolute atomic E-state index is 12.4. The van der Waals surface area contributed by atoms with Gasteiger partial charge in [-0.25, -0.2) is 9.79 Å². The molecule has 0 atom stereocenters. The summed E-state index contributed by atoms with van der Waals surface area (Å²) in [5.41, 5.74) is 4.71. The Bertz CT molecular complexity index is 1180. The van der Waals surface area contributed by atoms with Crippen LogP contribution in [0.2, 0.25) is 0 Å². The molecule has 0 spiro atoms. The van der Waals surface area contributed by atoms with Crippen molar-refractivity contribution in [3.63, 3.8) is 0 Å². The van der Waals surface area contributed by atoms with Crippen LogP contribution in [0, 0.1) is 18.3 Å². The number of hydrogen-bond donors (Lipinski definition) is 0. The van der Waals surface area contributed by atoms with Gasteiger partial charge in [-0.05, 0) is 73.9 Å². The van der Waals surface area contributed by atoms with E-state index in [0.717, 1.165) is 42.0 Å². The summed E-state index contributed by atoms with van der Waals surface area (Å²) < 4.78 is 5.41. The summed E-state index contributed by atoms with van der Waals surface area (Å²) in [4.78, 5) is 32.7. The zero-order chi connectivity index (χ0) is 23.4. The van der Waals surface area contributed by atoms with Crippen LogP contribution in [0.3, 0.4) is 0 Å². The van der Waals surface area contributed by atoms with Gasteiger partial charge in [0.05, 0.1) is 12.5 Å². The molecule has 0 aliphatic carbocycles. The van der Waals surface area contributed by atoms with Crippen molar-refractivity contribution in [3.05, 3.63) is 64.9 Å². The molecule has 0 aromatic heterocycles. The summed E-state index contributed by atoms with van der Waals surface area (Å²) >= 11 is 0. The Morgan fingerprint density at radius 2 is 2.00 bits per heavy atom. The minimum absolute atomic E-state index is 0.131. The second-order valence-corrected chi connectivity index (χ2v) is 8.06. The Morgan fingerprint density at radius 3 is 2.64 bits per heavy atom. The van der Waals surface area contributed by atoms with E-state index in [0.29, 0.717) is 24.9 Å². The fraction of sp³-hybridized carbons (Fsp3) is 0.308. The summed E-state index contributed by atoms with van der Waals surface area (Å²) in [6.45, 7) is 6.26. The molecule has 7 heteroatoms. The molecule has 2 aromatic rings.